The number of carbonyl (C=O) groups is 3. The van der Waals surface area contributed by atoms with Crippen molar-refractivity contribution in [1.82, 2.24) is 4.90 Å². The summed E-state index contributed by atoms with van der Waals surface area (Å²) in [6.07, 6.45) is 0.0268. The number of sulfonamides is 1. The van der Waals surface area contributed by atoms with Crippen molar-refractivity contribution in [3.63, 3.8) is 0 Å². The summed E-state index contributed by atoms with van der Waals surface area (Å²) < 4.78 is 23.3. The molecule has 3 rings (SSSR count). The van der Waals surface area contributed by atoms with Crippen LogP contribution in [0.2, 0.25) is 0 Å². The first-order valence-corrected chi connectivity index (χ1v) is 10.2. The minimum atomic E-state index is -3.97. The first-order chi connectivity index (χ1) is 13.6. The summed E-state index contributed by atoms with van der Waals surface area (Å²) in [6.45, 7) is -0.488. The molecule has 1 aliphatic rings. The highest BCUT2D eigenvalue weighted by Gasteiger charge is 2.32. The van der Waals surface area contributed by atoms with Crippen LogP contribution in [0.15, 0.2) is 47.4 Å². The van der Waals surface area contributed by atoms with E-state index in [1.54, 1.807) is 43.3 Å². The number of nitrogens with zero attached hydrogens (tertiary/aromatic N) is 2. The van der Waals surface area contributed by atoms with Gasteiger partial charge in [-0.3, -0.25) is 19.3 Å². The Balaban J connectivity index is 1.84. The normalized spacial score (nSPS) is 13.8. The van der Waals surface area contributed by atoms with E-state index in [1.165, 1.54) is 18.2 Å². The van der Waals surface area contributed by atoms with E-state index in [1.807, 2.05) is 0 Å². The predicted molar refractivity (Wildman–Crippen MR) is 107 cm³/mol. The number of primary sulfonamides is 1. The van der Waals surface area contributed by atoms with Gasteiger partial charge in [0.05, 0.1) is 22.7 Å². The Morgan fingerprint density at radius 3 is 2.52 bits per heavy atom. The van der Waals surface area contributed by atoms with Crippen molar-refractivity contribution in [2.45, 2.75) is 11.3 Å². The summed E-state index contributed by atoms with van der Waals surface area (Å²) in [5, 5.41) is 7.73. The van der Waals surface area contributed by atoms with Crippen molar-refractivity contribution in [2.24, 2.45) is 5.14 Å². The molecule has 0 saturated carbocycles. The fourth-order valence-electron chi connectivity index (χ4n) is 3.08. The van der Waals surface area contributed by atoms with Crippen LogP contribution in [0.3, 0.4) is 0 Å². The highest BCUT2D eigenvalue weighted by molar-refractivity contribution is 7.89. The largest absolute Gasteiger partial charge is 0.376 e. The second kappa shape index (κ2) is 7.64. The molecule has 0 spiro atoms. The third-order valence-corrected chi connectivity index (χ3v) is 5.40. The SMILES string of the molecule is CN(C)c1ccc(S(N)(=O)=O)cc1NC(=O)CN1C(=O)Cc2ccccc2C1=O. The molecule has 29 heavy (non-hydrogen) atoms. The third-order valence-electron chi connectivity index (χ3n) is 4.49. The standard InChI is InChI=1S/C19H20N4O5S/c1-22(2)16-8-7-13(29(20,27)28)10-15(16)21-17(24)11-23-18(25)9-12-5-3-4-6-14(12)19(23)26/h3-8,10H,9,11H2,1-2H3,(H,21,24)(H2,20,27,28). The number of hydrogen-bond acceptors (Lipinski definition) is 6. The molecule has 0 saturated heterocycles. The number of rotatable bonds is 5. The van der Waals surface area contributed by atoms with Crippen molar-refractivity contribution < 1.29 is 22.8 Å². The van der Waals surface area contributed by atoms with Gasteiger partial charge in [-0.15, -0.1) is 0 Å². The van der Waals surface area contributed by atoms with Crippen LogP contribution in [-0.4, -0.2) is 51.7 Å². The summed E-state index contributed by atoms with van der Waals surface area (Å²) in [6, 6.07) is 10.8. The molecule has 0 unspecified atom stereocenters. The summed E-state index contributed by atoms with van der Waals surface area (Å²) in [4.78, 5) is 39.9. The van der Waals surface area contributed by atoms with Gasteiger partial charge in [0.25, 0.3) is 5.91 Å². The molecule has 3 N–H and O–H groups in total. The van der Waals surface area contributed by atoms with Crippen LogP contribution in [0.4, 0.5) is 11.4 Å². The number of imide groups is 1. The number of carbonyl (C=O) groups excluding carboxylic acids is 3. The molecule has 1 heterocycles. The summed E-state index contributed by atoms with van der Waals surface area (Å²) >= 11 is 0. The highest BCUT2D eigenvalue weighted by Crippen LogP contribution is 2.27. The van der Waals surface area contributed by atoms with E-state index in [2.05, 4.69) is 5.32 Å². The van der Waals surface area contributed by atoms with E-state index in [-0.39, 0.29) is 17.0 Å². The van der Waals surface area contributed by atoms with Crippen molar-refractivity contribution in [2.75, 3.05) is 30.9 Å². The summed E-state index contributed by atoms with van der Waals surface area (Å²) in [5.74, 6) is -1.66. The lowest BCUT2D eigenvalue weighted by molar-refractivity contribution is -0.131. The molecule has 3 amide bonds. The molecule has 0 aromatic heterocycles. The Kier molecular flexibility index (Phi) is 5.40. The minimum absolute atomic E-state index is 0.0268. The Morgan fingerprint density at radius 1 is 1.17 bits per heavy atom. The smallest absolute Gasteiger partial charge is 0.261 e. The number of fused-ring (bicyclic) bond motifs is 1. The molecule has 10 heteroatoms. The summed E-state index contributed by atoms with van der Waals surface area (Å²) in [7, 11) is -0.533. The zero-order chi connectivity index (χ0) is 21.3. The molecule has 152 valence electrons. The molecule has 0 fully saturated rings. The van der Waals surface area contributed by atoms with Crippen LogP contribution in [0.25, 0.3) is 0 Å². The number of anilines is 2. The Morgan fingerprint density at radius 2 is 1.86 bits per heavy atom. The van der Waals surface area contributed by atoms with Crippen LogP contribution in [0.1, 0.15) is 15.9 Å². The van der Waals surface area contributed by atoms with E-state index in [9.17, 15) is 22.8 Å². The maximum absolute atomic E-state index is 12.6. The van der Waals surface area contributed by atoms with Crippen molar-refractivity contribution in [3.05, 3.63) is 53.6 Å². The van der Waals surface area contributed by atoms with E-state index in [0.29, 0.717) is 16.8 Å². The molecular formula is C19H20N4O5S. The van der Waals surface area contributed by atoms with Crippen molar-refractivity contribution in [1.29, 1.82) is 0 Å². The van der Waals surface area contributed by atoms with E-state index < -0.39 is 34.3 Å². The van der Waals surface area contributed by atoms with E-state index in [4.69, 9.17) is 5.14 Å². The highest BCUT2D eigenvalue weighted by atomic mass is 32.2. The third kappa shape index (κ3) is 4.28. The zero-order valence-corrected chi connectivity index (χ0v) is 16.7. The van der Waals surface area contributed by atoms with Crippen LogP contribution in [0, 0.1) is 0 Å². The van der Waals surface area contributed by atoms with Gasteiger partial charge in [-0.2, -0.15) is 0 Å². The molecule has 0 atom stereocenters. The lowest BCUT2D eigenvalue weighted by Gasteiger charge is -2.26. The lowest BCUT2D eigenvalue weighted by atomic mass is 9.98. The van der Waals surface area contributed by atoms with Gasteiger partial charge in [-0.25, -0.2) is 13.6 Å². The number of benzene rings is 2. The lowest BCUT2D eigenvalue weighted by Crippen LogP contribution is -2.46. The van der Waals surface area contributed by atoms with E-state index in [0.717, 1.165) is 4.90 Å². The number of hydrogen-bond donors (Lipinski definition) is 2. The van der Waals surface area contributed by atoms with Gasteiger partial charge in [-0.05, 0) is 29.8 Å². The topological polar surface area (TPSA) is 130 Å². The van der Waals surface area contributed by atoms with Crippen LogP contribution >= 0.6 is 0 Å². The van der Waals surface area contributed by atoms with Crippen molar-refractivity contribution in [3.8, 4) is 0 Å². The molecular weight excluding hydrogens is 396 g/mol. The fourth-order valence-corrected chi connectivity index (χ4v) is 3.62. The van der Waals surface area contributed by atoms with Gasteiger partial charge in [0.1, 0.15) is 6.54 Å². The van der Waals surface area contributed by atoms with Gasteiger partial charge >= 0.3 is 0 Å². The zero-order valence-electron chi connectivity index (χ0n) is 15.9. The second-order valence-corrected chi connectivity index (χ2v) is 8.35. The van der Waals surface area contributed by atoms with E-state index >= 15 is 0 Å². The molecule has 0 aliphatic carbocycles. The van der Waals surface area contributed by atoms with Gasteiger partial charge in [0.2, 0.25) is 21.8 Å². The molecule has 9 nitrogen and oxygen atoms in total. The first-order valence-electron chi connectivity index (χ1n) is 8.64. The quantitative estimate of drug-likeness (QED) is 0.685. The van der Waals surface area contributed by atoms with Crippen LogP contribution in [-0.2, 0) is 26.0 Å². The fraction of sp³-hybridized carbons (Fsp3) is 0.211. The Labute approximate surface area is 168 Å². The molecule has 2 aromatic rings. The van der Waals surface area contributed by atoms with Crippen molar-refractivity contribution >= 4 is 39.1 Å². The van der Waals surface area contributed by atoms with Crippen LogP contribution in [0.5, 0.6) is 0 Å². The average molecular weight is 416 g/mol. The molecule has 2 aromatic carbocycles. The number of nitrogens with one attached hydrogen (secondary N) is 1. The number of nitrogens with two attached hydrogens (primary N) is 1. The maximum Gasteiger partial charge on any atom is 0.261 e. The Hall–Kier alpha value is -3.24. The van der Waals surface area contributed by atoms with Gasteiger partial charge < -0.3 is 10.2 Å². The molecule has 0 radical (unpaired) electrons. The Bertz CT molecular complexity index is 1110. The minimum Gasteiger partial charge on any atom is -0.376 e. The summed E-state index contributed by atoms with van der Waals surface area (Å²) in [5.41, 5.74) is 1.73. The number of amides is 3. The predicted octanol–water partition coefficient (Wildman–Crippen LogP) is 0.564. The van der Waals surface area contributed by atoms with Gasteiger partial charge in [-0.1, -0.05) is 18.2 Å². The van der Waals surface area contributed by atoms with Crippen LogP contribution < -0.4 is 15.4 Å². The monoisotopic (exact) mass is 416 g/mol. The first kappa shape index (κ1) is 20.5. The van der Waals surface area contributed by atoms with Gasteiger partial charge in [0.15, 0.2) is 0 Å². The van der Waals surface area contributed by atoms with Gasteiger partial charge in [0, 0.05) is 19.7 Å². The molecule has 1 aliphatic heterocycles. The average Bonchev–Trinajstić information content (AvgIpc) is 2.64. The maximum atomic E-state index is 12.6. The molecule has 0 bridgehead atoms. The second-order valence-electron chi connectivity index (χ2n) is 6.79.